The van der Waals surface area contributed by atoms with E-state index in [1.165, 1.54) is 0 Å². The Kier molecular flexibility index (Phi) is 4.22. The number of carboxylic acid groups (broad SMARTS) is 1. The Morgan fingerprint density at radius 3 is 2.33 bits per heavy atom. The molecule has 0 radical (unpaired) electrons. The second-order valence-electron chi connectivity index (χ2n) is 5.27. The monoisotopic (exact) mass is 255 g/mol. The molecule has 1 aliphatic carbocycles. The predicted molar refractivity (Wildman–Crippen MR) is 65.1 cm³/mol. The van der Waals surface area contributed by atoms with Gasteiger partial charge in [0.2, 0.25) is 5.91 Å². The van der Waals surface area contributed by atoms with Gasteiger partial charge in [-0.1, -0.05) is 6.42 Å². The van der Waals surface area contributed by atoms with Crippen molar-refractivity contribution >= 4 is 11.9 Å². The van der Waals surface area contributed by atoms with Crippen molar-refractivity contribution in [1.82, 2.24) is 4.90 Å². The van der Waals surface area contributed by atoms with Gasteiger partial charge in [-0.25, -0.2) is 0 Å². The van der Waals surface area contributed by atoms with E-state index in [1.54, 1.807) is 11.9 Å². The Bertz CT molecular complexity index is 325. The lowest BCUT2D eigenvalue weighted by molar-refractivity contribution is -0.150. The highest BCUT2D eigenvalue weighted by atomic mass is 16.5. The van der Waals surface area contributed by atoms with Crippen molar-refractivity contribution in [1.29, 1.82) is 0 Å². The average Bonchev–Trinajstić information content (AvgIpc) is 2.87. The minimum atomic E-state index is -0.828. The van der Waals surface area contributed by atoms with Crippen LogP contribution in [0.15, 0.2) is 0 Å². The van der Waals surface area contributed by atoms with Crippen molar-refractivity contribution in [3.8, 4) is 0 Å². The van der Waals surface area contributed by atoms with Gasteiger partial charge in [-0.15, -0.1) is 0 Å². The van der Waals surface area contributed by atoms with Crippen molar-refractivity contribution in [2.45, 2.75) is 38.1 Å². The van der Waals surface area contributed by atoms with Gasteiger partial charge in [-0.05, 0) is 25.7 Å². The highest BCUT2D eigenvalue weighted by molar-refractivity contribution is 5.85. The summed E-state index contributed by atoms with van der Waals surface area (Å²) in [6, 6.07) is 0.210. The zero-order valence-corrected chi connectivity index (χ0v) is 10.8. The molecule has 0 aromatic rings. The molecule has 1 saturated carbocycles. The number of carbonyl (C=O) groups excluding carboxylic acids is 1. The van der Waals surface area contributed by atoms with Crippen LogP contribution in [0.2, 0.25) is 0 Å². The van der Waals surface area contributed by atoms with E-state index in [4.69, 9.17) is 9.84 Å². The number of hydrogen-bond acceptors (Lipinski definition) is 3. The third-order valence-electron chi connectivity index (χ3n) is 4.24. The van der Waals surface area contributed by atoms with Crippen molar-refractivity contribution < 1.29 is 19.4 Å². The van der Waals surface area contributed by atoms with E-state index in [0.717, 1.165) is 19.3 Å². The van der Waals surface area contributed by atoms with Gasteiger partial charge in [0.15, 0.2) is 0 Å². The maximum Gasteiger partial charge on any atom is 0.307 e. The molecule has 1 aliphatic heterocycles. The SMILES string of the molecule is CN(C(=O)[C@@H]1CCC[C@@H]1C(=O)O)C1CCOCC1. The molecule has 2 aliphatic rings. The van der Waals surface area contributed by atoms with Crippen LogP contribution < -0.4 is 0 Å². The zero-order chi connectivity index (χ0) is 13.1. The number of ether oxygens (including phenoxy) is 1. The smallest absolute Gasteiger partial charge is 0.307 e. The summed E-state index contributed by atoms with van der Waals surface area (Å²) in [4.78, 5) is 25.3. The first-order valence-electron chi connectivity index (χ1n) is 6.68. The van der Waals surface area contributed by atoms with Gasteiger partial charge < -0.3 is 14.7 Å². The molecule has 18 heavy (non-hydrogen) atoms. The molecule has 0 aromatic heterocycles. The minimum Gasteiger partial charge on any atom is -0.481 e. The molecule has 2 atom stereocenters. The van der Waals surface area contributed by atoms with Crippen LogP contribution in [0, 0.1) is 11.8 Å². The fourth-order valence-corrected chi connectivity index (χ4v) is 3.07. The normalized spacial score (nSPS) is 29.2. The highest BCUT2D eigenvalue weighted by Gasteiger charge is 2.40. The van der Waals surface area contributed by atoms with Crippen molar-refractivity contribution in [2.75, 3.05) is 20.3 Å². The Morgan fingerprint density at radius 1 is 1.11 bits per heavy atom. The van der Waals surface area contributed by atoms with Gasteiger partial charge in [0.1, 0.15) is 0 Å². The first-order valence-corrected chi connectivity index (χ1v) is 6.68. The number of aliphatic carboxylic acids is 1. The Labute approximate surface area is 107 Å². The summed E-state index contributed by atoms with van der Waals surface area (Å²) in [6.45, 7) is 1.38. The summed E-state index contributed by atoms with van der Waals surface area (Å²) in [7, 11) is 1.80. The fourth-order valence-electron chi connectivity index (χ4n) is 3.07. The van der Waals surface area contributed by atoms with Crippen LogP contribution in [0.5, 0.6) is 0 Å². The maximum absolute atomic E-state index is 12.4. The summed E-state index contributed by atoms with van der Waals surface area (Å²) >= 11 is 0. The molecule has 1 saturated heterocycles. The fraction of sp³-hybridized carbons (Fsp3) is 0.846. The minimum absolute atomic E-state index is 0.00630. The second kappa shape index (κ2) is 5.69. The number of rotatable bonds is 3. The van der Waals surface area contributed by atoms with E-state index >= 15 is 0 Å². The molecule has 0 unspecified atom stereocenters. The standard InChI is InChI=1S/C13H21NO4/c1-14(9-5-7-18-8-6-9)12(15)10-3-2-4-11(10)13(16)17/h9-11H,2-8H2,1H3,(H,16,17)/t10-,11+/m1/s1. The van der Waals surface area contributed by atoms with Crippen LogP contribution in [0.3, 0.4) is 0 Å². The van der Waals surface area contributed by atoms with Gasteiger partial charge in [0, 0.05) is 26.3 Å². The summed E-state index contributed by atoms with van der Waals surface area (Å²) in [6.07, 6.45) is 3.89. The molecule has 5 heteroatoms. The van der Waals surface area contributed by atoms with E-state index in [-0.39, 0.29) is 17.9 Å². The van der Waals surface area contributed by atoms with Crippen LogP contribution in [-0.4, -0.2) is 48.2 Å². The van der Waals surface area contributed by atoms with E-state index in [0.29, 0.717) is 26.1 Å². The Morgan fingerprint density at radius 2 is 1.72 bits per heavy atom. The van der Waals surface area contributed by atoms with Gasteiger partial charge >= 0.3 is 5.97 Å². The molecule has 2 fully saturated rings. The van der Waals surface area contributed by atoms with Crippen molar-refractivity contribution in [3.63, 3.8) is 0 Å². The van der Waals surface area contributed by atoms with Crippen LogP contribution in [-0.2, 0) is 14.3 Å². The topological polar surface area (TPSA) is 66.8 Å². The summed E-state index contributed by atoms with van der Waals surface area (Å²) in [5, 5.41) is 9.13. The zero-order valence-electron chi connectivity index (χ0n) is 10.8. The van der Waals surface area contributed by atoms with Crippen LogP contribution in [0.25, 0.3) is 0 Å². The third-order valence-corrected chi connectivity index (χ3v) is 4.24. The van der Waals surface area contributed by atoms with Crippen LogP contribution in [0.1, 0.15) is 32.1 Å². The van der Waals surface area contributed by atoms with Crippen molar-refractivity contribution in [3.05, 3.63) is 0 Å². The number of amides is 1. The summed E-state index contributed by atoms with van der Waals surface area (Å²) in [5.74, 6) is -1.63. The maximum atomic E-state index is 12.4. The molecule has 0 bridgehead atoms. The quantitative estimate of drug-likeness (QED) is 0.820. The Balaban J connectivity index is 1.99. The highest BCUT2D eigenvalue weighted by Crippen LogP contribution is 2.34. The molecule has 0 spiro atoms. The molecular weight excluding hydrogens is 234 g/mol. The van der Waals surface area contributed by atoms with Crippen molar-refractivity contribution in [2.24, 2.45) is 11.8 Å². The molecule has 1 amide bonds. The molecule has 1 heterocycles. The lowest BCUT2D eigenvalue weighted by Crippen LogP contribution is -2.45. The number of carbonyl (C=O) groups is 2. The largest absolute Gasteiger partial charge is 0.481 e. The molecular formula is C13H21NO4. The van der Waals surface area contributed by atoms with Crippen LogP contribution in [0.4, 0.5) is 0 Å². The summed E-state index contributed by atoms with van der Waals surface area (Å²) < 4.78 is 5.28. The van der Waals surface area contributed by atoms with Gasteiger partial charge in [-0.3, -0.25) is 9.59 Å². The molecule has 5 nitrogen and oxygen atoms in total. The number of carboxylic acids is 1. The third kappa shape index (κ3) is 2.66. The molecule has 0 aromatic carbocycles. The molecule has 1 N–H and O–H groups in total. The van der Waals surface area contributed by atoms with Gasteiger partial charge in [0.25, 0.3) is 0 Å². The lowest BCUT2D eigenvalue weighted by atomic mass is 9.93. The van der Waals surface area contributed by atoms with E-state index in [1.807, 2.05) is 0 Å². The van der Waals surface area contributed by atoms with Gasteiger partial charge in [0.05, 0.1) is 11.8 Å². The van der Waals surface area contributed by atoms with E-state index in [9.17, 15) is 9.59 Å². The average molecular weight is 255 g/mol. The first kappa shape index (κ1) is 13.3. The van der Waals surface area contributed by atoms with E-state index < -0.39 is 11.9 Å². The van der Waals surface area contributed by atoms with E-state index in [2.05, 4.69) is 0 Å². The molecule has 102 valence electrons. The predicted octanol–water partition coefficient (Wildman–Crippen LogP) is 1.12. The van der Waals surface area contributed by atoms with Crippen LogP contribution >= 0.6 is 0 Å². The number of nitrogens with zero attached hydrogens (tertiary/aromatic N) is 1. The lowest BCUT2D eigenvalue weighted by Gasteiger charge is -2.33. The molecule has 2 rings (SSSR count). The Hall–Kier alpha value is -1.10. The summed E-state index contributed by atoms with van der Waals surface area (Å²) in [5.41, 5.74) is 0. The number of hydrogen-bond donors (Lipinski definition) is 1. The van der Waals surface area contributed by atoms with Gasteiger partial charge in [-0.2, -0.15) is 0 Å². The second-order valence-corrected chi connectivity index (χ2v) is 5.27. The first-order chi connectivity index (χ1) is 8.61.